The van der Waals surface area contributed by atoms with Gasteiger partial charge in [-0.1, -0.05) is 42.5 Å². The fourth-order valence-corrected chi connectivity index (χ4v) is 2.05. The summed E-state index contributed by atoms with van der Waals surface area (Å²) in [5, 5.41) is 12.6. The predicted molar refractivity (Wildman–Crippen MR) is 74.4 cm³/mol. The van der Waals surface area contributed by atoms with Crippen molar-refractivity contribution in [2.45, 2.75) is 12.5 Å². The molecule has 0 saturated heterocycles. The lowest BCUT2D eigenvalue weighted by Gasteiger charge is -2.16. The number of hydrogen-bond donors (Lipinski definition) is 2. The molecule has 2 aromatic carbocycles. The number of nitrogens with one attached hydrogen (secondary N) is 1. The number of hydrogen-bond acceptors (Lipinski definition) is 2. The van der Waals surface area contributed by atoms with E-state index in [1.165, 1.54) is 17.7 Å². The van der Waals surface area contributed by atoms with Gasteiger partial charge in [0, 0.05) is 0 Å². The lowest BCUT2D eigenvalue weighted by atomic mass is 10.1. The van der Waals surface area contributed by atoms with Crippen LogP contribution in [0.3, 0.4) is 0 Å². The molecule has 0 heterocycles. The zero-order chi connectivity index (χ0) is 13.5. The van der Waals surface area contributed by atoms with Crippen LogP contribution in [0.4, 0.5) is 4.39 Å². The summed E-state index contributed by atoms with van der Waals surface area (Å²) in [6.45, 7) is 0.698. The van der Waals surface area contributed by atoms with E-state index in [0.29, 0.717) is 0 Å². The van der Waals surface area contributed by atoms with Crippen LogP contribution in [0.15, 0.2) is 54.6 Å². The maximum atomic E-state index is 13.1. The van der Waals surface area contributed by atoms with Gasteiger partial charge in [0.25, 0.3) is 0 Å². The molecule has 2 nitrogen and oxygen atoms in total. The van der Waals surface area contributed by atoms with Gasteiger partial charge in [-0.3, -0.25) is 0 Å². The summed E-state index contributed by atoms with van der Waals surface area (Å²) in [6.07, 6.45) is 0.882. The molecule has 2 aromatic rings. The van der Waals surface area contributed by atoms with Crippen molar-refractivity contribution in [3.8, 4) is 0 Å². The number of aliphatic hydroxyl groups excluding tert-OH is 1. The van der Waals surface area contributed by atoms with E-state index >= 15 is 0 Å². The Morgan fingerprint density at radius 2 is 1.84 bits per heavy atom. The summed E-state index contributed by atoms with van der Waals surface area (Å²) in [4.78, 5) is 0. The third kappa shape index (κ3) is 4.16. The van der Waals surface area contributed by atoms with Crippen LogP contribution in [-0.2, 0) is 6.42 Å². The van der Waals surface area contributed by atoms with Gasteiger partial charge in [0.2, 0.25) is 0 Å². The standard InChI is InChI=1S/C16H18FNO/c17-15-8-4-7-14(11-15)16(12-19)18-10-9-13-5-2-1-3-6-13/h1-8,11,16,18-19H,9-10,12H2. The summed E-state index contributed by atoms with van der Waals surface area (Å²) in [5.74, 6) is -0.277. The zero-order valence-corrected chi connectivity index (χ0v) is 10.7. The molecule has 0 saturated carbocycles. The zero-order valence-electron chi connectivity index (χ0n) is 10.7. The molecular weight excluding hydrogens is 241 g/mol. The van der Waals surface area contributed by atoms with Crippen molar-refractivity contribution in [3.63, 3.8) is 0 Å². The Bertz CT molecular complexity index is 501. The molecule has 0 radical (unpaired) electrons. The lowest BCUT2D eigenvalue weighted by Crippen LogP contribution is -2.26. The minimum absolute atomic E-state index is 0.0434. The second-order valence-electron chi connectivity index (χ2n) is 4.48. The number of benzene rings is 2. The van der Waals surface area contributed by atoms with Crippen LogP contribution in [0.5, 0.6) is 0 Å². The largest absolute Gasteiger partial charge is 0.394 e. The Balaban J connectivity index is 1.89. The van der Waals surface area contributed by atoms with Crippen LogP contribution in [0.25, 0.3) is 0 Å². The predicted octanol–water partition coefficient (Wildman–Crippen LogP) is 2.69. The maximum Gasteiger partial charge on any atom is 0.123 e. The van der Waals surface area contributed by atoms with Crippen molar-refractivity contribution in [2.24, 2.45) is 0 Å². The van der Waals surface area contributed by atoms with E-state index in [-0.39, 0.29) is 18.5 Å². The molecule has 0 aliphatic rings. The van der Waals surface area contributed by atoms with Crippen LogP contribution >= 0.6 is 0 Å². The fraction of sp³-hybridized carbons (Fsp3) is 0.250. The van der Waals surface area contributed by atoms with E-state index in [0.717, 1.165) is 18.5 Å². The third-order valence-corrected chi connectivity index (χ3v) is 3.08. The SMILES string of the molecule is OCC(NCCc1ccccc1)c1cccc(F)c1. The van der Waals surface area contributed by atoms with Gasteiger partial charge in [0.05, 0.1) is 12.6 Å². The molecule has 3 heteroatoms. The normalized spacial score (nSPS) is 12.3. The third-order valence-electron chi connectivity index (χ3n) is 3.08. The quantitative estimate of drug-likeness (QED) is 0.836. The summed E-state index contributed by atoms with van der Waals surface area (Å²) in [7, 11) is 0. The molecule has 0 aromatic heterocycles. The van der Waals surface area contributed by atoms with Crippen molar-refractivity contribution >= 4 is 0 Å². The van der Waals surface area contributed by atoms with Gasteiger partial charge < -0.3 is 10.4 Å². The molecular formula is C16H18FNO. The van der Waals surface area contributed by atoms with Gasteiger partial charge in [-0.2, -0.15) is 0 Å². The minimum atomic E-state index is -0.277. The molecule has 100 valence electrons. The molecule has 1 unspecified atom stereocenters. The highest BCUT2D eigenvalue weighted by atomic mass is 19.1. The van der Waals surface area contributed by atoms with E-state index in [1.54, 1.807) is 6.07 Å². The maximum absolute atomic E-state index is 13.1. The van der Waals surface area contributed by atoms with Gasteiger partial charge >= 0.3 is 0 Å². The van der Waals surface area contributed by atoms with Gasteiger partial charge in [0.15, 0.2) is 0 Å². The summed E-state index contributed by atoms with van der Waals surface area (Å²) in [6, 6.07) is 16.2. The van der Waals surface area contributed by atoms with Crippen molar-refractivity contribution < 1.29 is 9.50 Å². The van der Waals surface area contributed by atoms with Crippen molar-refractivity contribution in [2.75, 3.05) is 13.2 Å². The Morgan fingerprint density at radius 1 is 1.05 bits per heavy atom. The van der Waals surface area contributed by atoms with E-state index in [4.69, 9.17) is 0 Å². The van der Waals surface area contributed by atoms with Gasteiger partial charge in [0.1, 0.15) is 5.82 Å². The average molecular weight is 259 g/mol. The molecule has 1 atom stereocenters. The van der Waals surface area contributed by atoms with Crippen molar-refractivity contribution in [1.29, 1.82) is 0 Å². The molecule has 0 aliphatic carbocycles. The monoisotopic (exact) mass is 259 g/mol. The average Bonchev–Trinajstić information content (AvgIpc) is 2.45. The summed E-state index contributed by atoms with van der Waals surface area (Å²) >= 11 is 0. The Labute approximate surface area is 112 Å². The van der Waals surface area contributed by atoms with Crippen LogP contribution in [0.1, 0.15) is 17.2 Å². The fourth-order valence-electron chi connectivity index (χ4n) is 2.05. The van der Waals surface area contributed by atoms with E-state index in [9.17, 15) is 9.50 Å². The highest BCUT2D eigenvalue weighted by molar-refractivity contribution is 5.20. The number of halogens is 1. The minimum Gasteiger partial charge on any atom is -0.394 e. The topological polar surface area (TPSA) is 32.3 Å². The van der Waals surface area contributed by atoms with Gasteiger partial charge in [-0.15, -0.1) is 0 Å². The summed E-state index contributed by atoms with van der Waals surface area (Å²) < 4.78 is 13.1. The first-order valence-electron chi connectivity index (χ1n) is 6.43. The van der Waals surface area contributed by atoms with E-state index < -0.39 is 0 Å². The molecule has 0 amide bonds. The van der Waals surface area contributed by atoms with Gasteiger partial charge in [-0.05, 0) is 36.2 Å². The molecule has 0 aliphatic heterocycles. The van der Waals surface area contributed by atoms with Crippen molar-refractivity contribution in [3.05, 3.63) is 71.5 Å². The summed E-state index contributed by atoms with van der Waals surface area (Å²) in [5.41, 5.74) is 2.02. The lowest BCUT2D eigenvalue weighted by molar-refractivity contribution is 0.245. The Hall–Kier alpha value is -1.71. The van der Waals surface area contributed by atoms with Crippen molar-refractivity contribution in [1.82, 2.24) is 5.32 Å². The highest BCUT2D eigenvalue weighted by Gasteiger charge is 2.09. The first-order valence-corrected chi connectivity index (χ1v) is 6.43. The highest BCUT2D eigenvalue weighted by Crippen LogP contribution is 2.13. The van der Waals surface area contributed by atoms with Crippen LogP contribution in [0.2, 0.25) is 0 Å². The molecule has 0 spiro atoms. The number of rotatable bonds is 6. The Kier molecular flexibility index (Phi) is 5.07. The smallest absolute Gasteiger partial charge is 0.123 e. The van der Waals surface area contributed by atoms with Crippen LogP contribution in [-0.4, -0.2) is 18.3 Å². The molecule has 2 N–H and O–H groups in total. The second kappa shape index (κ2) is 7.02. The first-order chi connectivity index (χ1) is 9.29. The van der Waals surface area contributed by atoms with E-state index in [1.807, 2.05) is 24.3 Å². The second-order valence-corrected chi connectivity index (χ2v) is 4.48. The van der Waals surface area contributed by atoms with Crippen LogP contribution in [0, 0.1) is 5.82 Å². The first kappa shape index (κ1) is 13.7. The molecule has 0 bridgehead atoms. The number of aliphatic hydroxyl groups is 1. The van der Waals surface area contributed by atoms with E-state index in [2.05, 4.69) is 17.4 Å². The Morgan fingerprint density at radius 3 is 2.53 bits per heavy atom. The van der Waals surface area contributed by atoms with Gasteiger partial charge in [-0.25, -0.2) is 4.39 Å². The molecule has 0 fully saturated rings. The molecule has 19 heavy (non-hydrogen) atoms. The molecule has 2 rings (SSSR count). The van der Waals surface area contributed by atoms with Crippen LogP contribution < -0.4 is 5.32 Å².